The monoisotopic (exact) mass is 430 g/mol. The number of rotatable bonds is 3. The van der Waals surface area contributed by atoms with Crippen molar-refractivity contribution >= 4 is 39.0 Å². The van der Waals surface area contributed by atoms with Crippen molar-refractivity contribution in [1.82, 2.24) is 9.78 Å². The first-order chi connectivity index (χ1) is 13.5. The van der Waals surface area contributed by atoms with Gasteiger partial charge in [0.25, 0.3) is 0 Å². The molecule has 0 spiro atoms. The van der Waals surface area contributed by atoms with E-state index < -0.39 is 0 Å². The Morgan fingerprint density at radius 2 is 1.68 bits per heavy atom. The molecule has 4 aromatic rings. The molecule has 0 amide bonds. The van der Waals surface area contributed by atoms with Crippen LogP contribution >= 0.6 is 15.9 Å². The van der Waals surface area contributed by atoms with Gasteiger partial charge in [0.05, 0.1) is 11.4 Å². The van der Waals surface area contributed by atoms with Gasteiger partial charge < -0.3 is 0 Å². The molecule has 4 heteroatoms. The topological polar surface area (TPSA) is 34.9 Å². The molecule has 28 heavy (non-hydrogen) atoms. The minimum atomic E-state index is -0.0541. The van der Waals surface area contributed by atoms with Crippen molar-refractivity contribution in [2.45, 2.75) is 13.8 Å². The van der Waals surface area contributed by atoms with E-state index in [9.17, 15) is 4.79 Å². The first-order valence-electron chi connectivity index (χ1n) is 9.06. The van der Waals surface area contributed by atoms with E-state index in [2.05, 4.69) is 54.1 Å². The number of benzene rings is 2. The SMILES string of the molecule is Cc1ccc(/C=C\c2nn(-c3ccc(Br)cc3)c3c(=O)ccccc23)c(C)c1. The van der Waals surface area contributed by atoms with Crippen LogP contribution in [-0.2, 0) is 0 Å². The third kappa shape index (κ3) is 3.56. The van der Waals surface area contributed by atoms with Crippen LogP contribution in [-0.4, -0.2) is 9.78 Å². The van der Waals surface area contributed by atoms with Crippen LogP contribution in [0.2, 0.25) is 0 Å². The second-order valence-electron chi connectivity index (χ2n) is 6.81. The van der Waals surface area contributed by atoms with Crippen molar-refractivity contribution in [1.29, 1.82) is 0 Å². The molecule has 138 valence electrons. The van der Waals surface area contributed by atoms with Crippen LogP contribution < -0.4 is 5.43 Å². The molecule has 0 aliphatic carbocycles. The van der Waals surface area contributed by atoms with Gasteiger partial charge in [-0.05, 0) is 61.4 Å². The van der Waals surface area contributed by atoms with Crippen LogP contribution in [0.25, 0.3) is 28.7 Å². The first-order valence-corrected chi connectivity index (χ1v) is 9.85. The predicted molar refractivity (Wildman–Crippen MR) is 120 cm³/mol. The van der Waals surface area contributed by atoms with Gasteiger partial charge in [-0.3, -0.25) is 4.79 Å². The number of hydrogen-bond acceptors (Lipinski definition) is 2. The summed E-state index contributed by atoms with van der Waals surface area (Å²) in [7, 11) is 0. The van der Waals surface area contributed by atoms with Crippen LogP contribution in [0.1, 0.15) is 22.4 Å². The smallest absolute Gasteiger partial charge is 0.204 e. The van der Waals surface area contributed by atoms with Gasteiger partial charge in [-0.25, -0.2) is 4.68 Å². The molecule has 0 saturated carbocycles. The van der Waals surface area contributed by atoms with Gasteiger partial charge in [0, 0.05) is 9.86 Å². The molecule has 0 fully saturated rings. The third-order valence-corrected chi connectivity index (χ3v) is 5.25. The Morgan fingerprint density at radius 1 is 0.929 bits per heavy atom. The fraction of sp³-hybridized carbons (Fsp3) is 0.0833. The van der Waals surface area contributed by atoms with Crippen molar-refractivity contribution in [2.75, 3.05) is 0 Å². The van der Waals surface area contributed by atoms with Gasteiger partial charge >= 0.3 is 0 Å². The second-order valence-corrected chi connectivity index (χ2v) is 7.73. The summed E-state index contributed by atoms with van der Waals surface area (Å²) in [6.45, 7) is 4.19. The normalized spacial score (nSPS) is 11.4. The predicted octanol–water partition coefficient (Wildman–Crippen LogP) is 5.94. The second kappa shape index (κ2) is 7.56. The summed E-state index contributed by atoms with van der Waals surface area (Å²) in [6.07, 6.45) is 4.04. The third-order valence-electron chi connectivity index (χ3n) is 4.72. The molecule has 0 bridgehead atoms. The molecule has 0 radical (unpaired) electrons. The molecule has 0 N–H and O–H groups in total. The van der Waals surface area contributed by atoms with Gasteiger partial charge in [-0.2, -0.15) is 5.10 Å². The number of hydrogen-bond donors (Lipinski definition) is 0. The maximum Gasteiger partial charge on any atom is 0.204 e. The van der Waals surface area contributed by atoms with E-state index in [1.165, 1.54) is 11.1 Å². The molecular weight excluding hydrogens is 412 g/mol. The minimum Gasteiger partial charge on any atom is -0.288 e. The highest BCUT2D eigenvalue weighted by atomic mass is 79.9. The van der Waals surface area contributed by atoms with Crippen molar-refractivity contribution in [2.24, 2.45) is 0 Å². The average molecular weight is 431 g/mol. The summed E-state index contributed by atoms with van der Waals surface area (Å²) >= 11 is 3.45. The summed E-state index contributed by atoms with van der Waals surface area (Å²) in [5, 5.41) is 5.59. The summed E-state index contributed by atoms with van der Waals surface area (Å²) < 4.78 is 2.71. The van der Waals surface area contributed by atoms with E-state index >= 15 is 0 Å². The molecule has 1 heterocycles. The standard InChI is InChI=1S/C24H19BrN2O/c1-16-7-8-18(17(2)15-16)9-14-22-21-5-3-4-6-23(28)24(21)27(26-22)20-12-10-19(25)11-13-20/h3-15H,1-2H3/b14-9-. The number of fused-ring (bicyclic) bond motifs is 1. The Kier molecular flexibility index (Phi) is 4.97. The van der Waals surface area contributed by atoms with E-state index in [4.69, 9.17) is 5.10 Å². The maximum atomic E-state index is 12.7. The molecule has 0 saturated heterocycles. The lowest BCUT2D eigenvalue weighted by atomic mass is 10.0. The number of aryl methyl sites for hydroxylation is 2. The van der Waals surface area contributed by atoms with Gasteiger partial charge in [-0.1, -0.05) is 64.0 Å². The van der Waals surface area contributed by atoms with E-state index in [0.29, 0.717) is 5.52 Å². The van der Waals surface area contributed by atoms with E-state index in [-0.39, 0.29) is 5.43 Å². The summed E-state index contributed by atoms with van der Waals surface area (Å²) in [4.78, 5) is 12.7. The quantitative estimate of drug-likeness (QED) is 0.403. The fourth-order valence-electron chi connectivity index (χ4n) is 3.30. The first kappa shape index (κ1) is 18.4. The van der Waals surface area contributed by atoms with E-state index in [1.54, 1.807) is 16.8 Å². The van der Waals surface area contributed by atoms with E-state index in [0.717, 1.165) is 26.8 Å². The van der Waals surface area contributed by atoms with Gasteiger partial charge in [-0.15, -0.1) is 0 Å². The molecule has 0 atom stereocenters. The number of halogens is 1. The van der Waals surface area contributed by atoms with Crippen LogP contribution in [0.3, 0.4) is 0 Å². The van der Waals surface area contributed by atoms with Crippen molar-refractivity contribution in [3.63, 3.8) is 0 Å². The number of nitrogens with zero attached hydrogens (tertiary/aromatic N) is 2. The van der Waals surface area contributed by atoms with Crippen molar-refractivity contribution < 1.29 is 0 Å². The highest BCUT2D eigenvalue weighted by molar-refractivity contribution is 9.10. The zero-order valence-corrected chi connectivity index (χ0v) is 17.3. The van der Waals surface area contributed by atoms with Gasteiger partial charge in [0.15, 0.2) is 0 Å². The van der Waals surface area contributed by atoms with Crippen molar-refractivity contribution in [3.05, 3.63) is 104 Å². The Morgan fingerprint density at radius 3 is 2.43 bits per heavy atom. The van der Waals surface area contributed by atoms with Crippen molar-refractivity contribution in [3.8, 4) is 5.69 Å². The summed E-state index contributed by atoms with van der Waals surface area (Å²) in [6, 6.07) is 21.3. The zero-order chi connectivity index (χ0) is 19.7. The maximum absolute atomic E-state index is 12.7. The molecule has 1 aromatic heterocycles. The molecular formula is C24H19BrN2O. The van der Waals surface area contributed by atoms with Crippen LogP contribution in [0.5, 0.6) is 0 Å². The lowest BCUT2D eigenvalue weighted by molar-refractivity contribution is 0.902. The summed E-state index contributed by atoms with van der Waals surface area (Å²) in [5.74, 6) is 0. The highest BCUT2D eigenvalue weighted by Crippen LogP contribution is 2.23. The fourth-order valence-corrected chi connectivity index (χ4v) is 3.56. The van der Waals surface area contributed by atoms with Crippen LogP contribution in [0.4, 0.5) is 0 Å². The van der Waals surface area contributed by atoms with Crippen LogP contribution in [0.15, 0.2) is 76.0 Å². The zero-order valence-electron chi connectivity index (χ0n) is 15.7. The number of aromatic nitrogens is 2. The molecule has 3 nitrogen and oxygen atoms in total. The molecule has 0 aliphatic heterocycles. The Bertz CT molecular complexity index is 1250. The summed E-state index contributed by atoms with van der Waals surface area (Å²) in [5.41, 5.74) is 5.73. The Labute approximate surface area is 172 Å². The van der Waals surface area contributed by atoms with Gasteiger partial charge in [0.1, 0.15) is 5.52 Å². The largest absolute Gasteiger partial charge is 0.288 e. The Hall–Kier alpha value is -2.98. The molecule has 3 aromatic carbocycles. The minimum absolute atomic E-state index is 0.0541. The van der Waals surface area contributed by atoms with Crippen LogP contribution in [0, 0.1) is 13.8 Å². The van der Waals surface area contributed by atoms with E-state index in [1.807, 2.05) is 42.5 Å². The highest BCUT2D eigenvalue weighted by Gasteiger charge is 2.12. The Balaban J connectivity index is 1.91. The lowest BCUT2D eigenvalue weighted by Gasteiger charge is -2.02. The van der Waals surface area contributed by atoms with Gasteiger partial charge in [0.2, 0.25) is 5.43 Å². The molecule has 0 unspecified atom stereocenters. The molecule has 4 rings (SSSR count). The average Bonchev–Trinajstić information content (AvgIpc) is 2.92. The lowest BCUT2D eigenvalue weighted by Crippen LogP contribution is -2.04. The molecule has 0 aliphatic rings.